The Labute approximate surface area is 120 Å². The van der Waals surface area contributed by atoms with E-state index in [-0.39, 0.29) is 6.04 Å². The number of fused-ring (bicyclic) bond motifs is 1. The smallest absolute Gasteiger partial charge is 0.244 e. The lowest BCUT2D eigenvalue weighted by atomic mass is 9.86. The van der Waals surface area contributed by atoms with E-state index in [0.717, 1.165) is 19.3 Å². The van der Waals surface area contributed by atoms with Gasteiger partial charge in [0.25, 0.3) is 0 Å². The zero-order chi connectivity index (χ0) is 14.2. The van der Waals surface area contributed by atoms with Crippen LogP contribution in [0, 0.1) is 5.92 Å². The third-order valence-electron chi connectivity index (χ3n) is 4.56. The molecule has 2 heterocycles. The first-order chi connectivity index (χ1) is 9.63. The van der Waals surface area contributed by atoms with E-state index in [4.69, 9.17) is 0 Å². The minimum Gasteiger partial charge on any atom is -0.373 e. The van der Waals surface area contributed by atoms with E-state index in [1.54, 1.807) is 23.5 Å². The first-order valence-electron chi connectivity index (χ1n) is 7.28. The molecule has 1 saturated heterocycles. The lowest BCUT2D eigenvalue weighted by molar-refractivity contribution is 0.260. The summed E-state index contributed by atoms with van der Waals surface area (Å²) < 4.78 is 27.2. The second-order valence-corrected chi connectivity index (χ2v) is 7.54. The summed E-state index contributed by atoms with van der Waals surface area (Å²) in [5, 5.41) is 2.90. The summed E-state index contributed by atoms with van der Waals surface area (Å²) >= 11 is 0. The largest absolute Gasteiger partial charge is 0.373 e. The van der Waals surface area contributed by atoms with Crippen LogP contribution in [0.5, 0.6) is 0 Å². The molecule has 0 bridgehead atoms. The van der Waals surface area contributed by atoms with Crippen molar-refractivity contribution in [1.29, 1.82) is 0 Å². The number of sulfonamides is 1. The summed E-state index contributed by atoms with van der Waals surface area (Å²) in [5.41, 5.74) is 0. The number of nitrogens with one attached hydrogen (secondary N) is 1. The fourth-order valence-electron chi connectivity index (χ4n) is 3.48. The van der Waals surface area contributed by atoms with E-state index in [2.05, 4.69) is 10.3 Å². The van der Waals surface area contributed by atoms with Crippen molar-refractivity contribution < 1.29 is 8.42 Å². The van der Waals surface area contributed by atoms with Gasteiger partial charge in [0, 0.05) is 25.8 Å². The van der Waals surface area contributed by atoms with Gasteiger partial charge in [0.05, 0.1) is 0 Å². The molecule has 1 aromatic heterocycles. The number of nitrogens with zero attached hydrogens (tertiary/aromatic N) is 2. The maximum atomic E-state index is 12.8. The minimum atomic E-state index is -3.39. The minimum absolute atomic E-state index is 0.206. The molecule has 110 valence electrons. The lowest BCUT2D eigenvalue weighted by Gasteiger charge is -2.30. The Morgan fingerprint density at radius 1 is 1.25 bits per heavy atom. The van der Waals surface area contributed by atoms with Crippen LogP contribution >= 0.6 is 0 Å². The van der Waals surface area contributed by atoms with Gasteiger partial charge in [-0.3, -0.25) is 0 Å². The highest BCUT2D eigenvalue weighted by molar-refractivity contribution is 7.89. The molecule has 0 spiro atoms. The number of rotatable bonds is 3. The van der Waals surface area contributed by atoms with E-state index in [9.17, 15) is 8.42 Å². The fraction of sp³-hybridized carbons (Fsp3) is 0.643. The molecule has 1 aliphatic carbocycles. The second kappa shape index (κ2) is 5.33. The van der Waals surface area contributed by atoms with Gasteiger partial charge in [-0.1, -0.05) is 12.8 Å². The van der Waals surface area contributed by atoms with Crippen molar-refractivity contribution in [2.75, 3.05) is 18.9 Å². The van der Waals surface area contributed by atoms with Gasteiger partial charge in [-0.05, 0) is 37.3 Å². The molecule has 3 rings (SSSR count). The first-order valence-corrected chi connectivity index (χ1v) is 8.72. The number of hydrogen-bond acceptors (Lipinski definition) is 4. The van der Waals surface area contributed by atoms with Crippen molar-refractivity contribution in [2.24, 2.45) is 5.92 Å². The van der Waals surface area contributed by atoms with E-state index < -0.39 is 10.0 Å². The molecule has 0 radical (unpaired) electrons. The van der Waals surface area contributed by atoms with E-state index in [1.165, 1.54) is 19.0 Å². The number of hydrogen-bond donors (Lipinski definition) is 1. The highest BCUT2D eigenvalue weighted by Crippen LogP contribution is 2.39. The molecule has 2 atom stereocenters. The normalized spacial score (nSPS) is 27.2. The van der Waals surface area contributed by atoms with Gasteiger partial charge in [-0.15, -0.1) is 0 Å². The quantitative estimate of drug-likeness (QED) is 0.927. The Morgan fingerprint density at radius 2 is 2.05 bits per heavy atom. The number of anilines is 1. The van der Waals surface area contributed by atoms with Crippen LogP contribution in [0.2, 0.25) is 0 Å². The summed E-state index contributed by atoms with van der Waals surface area (Å²) in [7, 11) is -1.62. The Balaban J connectivity index is 1.87. The molecule has 2 unspecified atom stereocenters. The summed E-state index contributed by atoms with van der Waals surface area (Å²) in [6, 6.07) is 3.56. The summed E-state index contributed by atoms with van der Waals surface area (Å²) in [5.74, 6) is 1.24. The van der Waals surface area contributed by atoms with Gasteiger partial charge in [0.1, 0.15) is 10.7 Å². The molecular formula is C14H21N3O2S. The van der Waals surface area contributed by atoms with Crippen molar-refractivity contribution in [3.8, 4) is 0 Å². The fourth-order valence-corrected chi connectivity index (χ4v) is 5.15. The summed E-state index contributed by atoms with van der Waals surface area (Å²) in [6.07, 6.45) is 7.03. The van der Waals surface area contributed by atoms with Crippen molar-refractivity contribution in [3.63, 3.8) is 0 Å². The van der Waals surface area contributed by atoms with Crippen LogP contribution in [-0.4, -0.2) is 37.3 Å². The average molecular weight is 295 g/mol. The highest BCUT2D eigenvalue weighted by Gasteiger charge is 2.42. The van der Waals surface area contributed by atoms with Gasteiger partial charge >= 0.3 is 0 Å². The van der Waals surface area contributed by atoms with Crippen LogP contribution in [0.15, 0.2) is 23.2 Å². The van der Waals surface area contributed by atoms with Gasteiger partial charge in [-0.25, -0.2) is 13.4 Å². The predicted octanol–water partition coefficient (Wildman–Crippen LogP) is 2.08. The van der Waals surface area contributed by atoms with Gasteiger partial charge in [0.2, 0.25) is 10.0 Å². The van der Waals surface area contributed by atoms with Crippen LogP contribution in [0.25, 0.3) is 0 Å². The van der Waals surface area contributed by atoms with Gasteiger partial charge < -0.3 is 5.32 Å². The molecule has 0 amide bonds. The van der Waals surface area contributed by atoms with E-state index in [1.807, 2.05) is 0 Å². The molecule has 1 aromatic rings. The monoisotopic (exact) mass is 295 g/mol. The van der Waals surface area contributed by atoms with Crippen LogP contribution in [-0.2, 0) is 10.0 Å². The average Bonchev–Trinajstić information content (AvgIpc) is 2.92. The van der Waals surface area contributed by atoms with E-state index in [0.29, 0.717) is 23.2 Å². The predicted molar refractivity (Wildman–Crippen MR) is 78.0 cm³/mol. The van der Waals surface area contributed by atoms with Crippen LogP contribution in [0.3, 0.4) is 0 Å². The zero-order valence-corrected chi connectivity index (χ0v) is 12.6. The van der Waals surface area contributed by atoms with Crippen molar-refractivity contribution in [3.05, 3.63) is 18.3 Å². The third kappa shape index (κ3) is 2.31. The first kappa shape index (κ1) is 13.8. The zero-order valence-electron chi connectivity index (χ0n) is 11.7. The topological polar surface area (TPSA) is 62.3 Å². The Hall–Kier alpha value is -1.14. The highest BCUT2D eigenvalue weighted by atomic mass is 32.2. The molecule has 0 aromatic carbocycles. The van der Waals surface area contributed by atoms with Crippen LogP contribution < -0.4 is 5.32 Å². The molecule has 6 heteroatoms. The summed E-state index contributed by atoms with van der Waals surface area (Å²) in [6.45, 7) is 0.658. The number of pyridine rings is 1. The lowest BCUT2D eigenvalue weighted by Crippen LogP contribution is -2.39. The molecule has 2 aliphatic rings. The molecule has 20 heavy (non-hydrogen) atoms. The Kier molecular flexibility index (Phi) is 3.69. The SMILES string of the molecule is CNc1ccc(S(=O)(=O)N2CCC3CCCCC32)cn1. The Morgan fingerprint density at radius 3 is 2.75 bits per heavy atom. The van der Waals surface area contributed by atoms with Crippen molar-refractivity contribution in [1.82, 2.24) is 9.29 Å². The molecular weight excluding hydrogens is 274 g/mol. The van der Waals surface area contributed by atoms with Crippen molar-refractivity contribution >= 4 is 15.8 Å². The van der Waals surface area contributed by atoms with Crippen molar-refractivity contribution in [2.45, 2.75) is 43.0 Å². The number of aromatic nitrogens is 1. The Bertz CT molecular complexity index is 571. The van der Waals surface area contributed by atoms with E-state index >= 15 is 0 Å². The maximum absolute atomic E-state index is 12.8. The standard InChI is InChI=1S/C14H21N3O2S/c1-15-14-7-6-12(10-16-14)20(18,19)17-9-8-11-4-2-3-5-13(11)17/h6-7,10-11,13H,2-5,8-9H2,1H3,(H,15,16). The van der Waals surface area contributed by atoms with Crippen LogP contribution in [0.1, 0.15) is 32.1 Å². The van der Waals surface area contributed by atoms with Gasteiger partial charge in [0.15, 0.2) is 0 Å². The van der Waals surface area contributed by atoms with Crippen LogP contribution in [0.4, 0.5) is 5.82 Å². The summed E-state index contributed by atoms with van der Waals surface area (Å²) in [4.78, 5) is 4.43. The van der Waals surface area contributed by atoms with Gasteiger partial charge in [-0.2, -0.15) is 4.31 Å². The molecule has 1 aliphatic heterocycles. The third-order valence-corrected chi connectivity index (χ3v) is 6.47. The molecule has 1 N–H and O–H groups in total. The molecule has 5 nitrogen and oxygen atoms in total. The molecule has 1 saturated carbocycles. The second-order valence-electron chi connectivity index (χ2n) is 5.65. The molecule has 2 fully saturated rings. The maximum Gasteiger partial charge on any atom is 0.244 e.